The molecule has 1 fully saturated rings. The first-order chi connectivity index (χ1) is 9.63. The summed E-state index contributed by atoms with van der Waals surface area (Å²) in [5.41, 5.74) is 6.50. The van der Waals surface area contributed by atoms with Crippen molar-refractivity contribution in [2.24, 2.45) is 11.7 Å². The molecule has 0 spiro atoms. The number of urea groups is 1. The van der Waals surface area contributed by atoms with E-state index in [0.29, 0.717) is 12.5 Å². The second-order valence-corrected chi connectivity index (χ2v) is 5.34. The van der Waals surface area contributed by atoms with E-state index >= 15 is 0 Å². The zero-order chi connectivity index (χ0) is 14.5. The summed E-state index contributed by atoms with van der Waals surface area (Å²) < 4.78 is 5.10. The average Bonchev–Trinajstić information content (AvgIpc) is 2.48. The van der Waals surface area contributed by atoms with Crippen molar-refractivity contribution in [3.05, 3.63) is 24.3 Å². The number of amides is 2. The Labute approximate surface area is 120 Å². The number of ether oxygens (including phenoxy) is 1. The van der Waals surface area contributed by atoms with Crippen LogP contribution in [-0.4, -0.2) is 37.2 Å². The molecule has 2 rings (SSSR count). The van der Waals surface area contributed by atoms with E-state index in [2.05, 4.69) is 12.2 Å². The maximum absolute atomic E-state index is 12.3. The van der Waals surface area contributed by atoms with Crippen LogP contribution in [0.15, 0.2) is 24.3 Å². The molecule has 1 saturated heterocycles. The molecule has 110 valence electrons. The first-order valence-electron chi connectivity index (χ1n) is 7.05. The highest BCUT2D eigenvalue weighted by molar-refractivity contribution is 5.89. The highest BCUT2D eigenvalue weighted by Crippen LogP contribution is 2.22. The van der Waals surface area contributed by atoms with Crippen molar-refractivity contribution in [2.75, 3.05) is 25.5 Å². The quantitative estimate of drug-likeness (QED) is 0.890. The van der Waals surface area contributed by atoms with E-state index in [1.54, 1.807) is 7.11 Å². The maximum Gasteiger partial charge on any atom is 0.322 e. The van der Waals surface area contributed by atoms with Crippen molar-refractivity contribution < 1.29 is 9.53 Å². The van der Waals surface area contributed by atoms with Gasteiger partial charge < -0.3 is 20.7 Å². The predicted molar refractivity (Wildman–Crippen MR) is 80.0 cm³/mol. The number of nitrogens with two attached hydrogens (primary N) is 1. The number of likely N-dealkylation sites (tertiary alicyclic amines) is 1. The number of benzene rings is 1. The third-order valence-corrected chi connectivity index (χ3v) is 3.92. The topological polar surface area (TPSA) is 67.6 Å². The van der Waals surface area contributed by atoms with Crippen LogP contribution in [0.1, 0.15) is 19.8 Å². The zero-order valence-corrected chi connectivity index (χ0v) is 12.1. The van der Waals surface area contributed by atoms with E-state index < -0.39 is 0 Å². The van der Waals surface area contributed by atoms with Gasteiger partial charge in [-0.15, -0.1) is 0 Å². The number of rotatable bonds is 3. The standard InChI is InChI=1S/C15H23N3O2/c1-11-3-4-12(9-16)10-18(11)15(19)17-13-5-7-14(20-2)8-6-13/h5-8,11-12H,3-4,9-10,16H2,1-2H3,(H,17,19). The minimum Gasteiger partial charge on any atom is -0.497 e. The Morgan fingerprint density at radius 1 is 1.40 bits per heavy atom. The normalized spacial score (nSPS) is 22.4. The lowest BCUT2D eigenvalue weighted by Crippen LogP contribution is -2.48. The summed E-state index contributed by atoms with van der Waals surface area (Å²) >= 11 is 0. The lowest BCUT2D eigenvalue weighted by molar-refractivity contribution is 0.144. The molecule has 1 aromatic rings. The summed E-state index contributed by atoms with van der Waals surface area (Å²) in [5.74, 6) is 1.19. The van der Waals surface area contributed by atoms with Gasteiger partial charge in [0.2, 0.25) is 0 Å². The lowest BCUT2D eigenvalue weighted by Gasteiger charge is -2.37. The van der Waals surface area contributed by atoms with Gasteiger partial charge in [-0.3, -0.25) is 0 Å². The summed E-state index contributed by atoms with van der Waals surface area (Å²) in [4.78, 5) is 14.2. The first-order valence-corrected chi connectivity index (χ1v) is 7.05. The van der Waals surface area contributed by atoms with Crippen molar-refractivity contribution >= 4 is 11.7 Å². The molecule has 5 nitrogen and oxygen atoms in total. The van der Waals surface area contributed by atoms with Crippen molar-refractivity contribution in [3.8, 4) is 5.75 Å². The number of piperidine rings is 1. The third kappa shape index (κ3) is 3.42. The second kappa shape index (κ2) is 6.61. The molecule has 0 aliphatic carbocycles. The van der Waals surface area contributed by atoms with Crippen LogP contribution in [0.5, 0.6) is 5.75 Å². The molecule has 0 saturated carbocycles. The number of hydrogen-bond acceptors (Lipinski definition) is 3. The van der Waals surface area contributed by atoms with Gasteiger partial charge in [-0.2, -0.15) is 0 Å². The van der Waals surface area contributed by atoms with Crippen LogP contribution in [0, 0.1) is 5.92 Å². The summed E-state index contributed by atoms with van der Waals surface area (Å²) in [5, 5.41) is 2.93. The van der Waals surface area contributed by atoms with Crippen molar-refractivity contribution in [1.82, 2.24) is 4.90 Å². The van der Waals surface area contributed by atoms with E-state index in [9.17, 15) is 4.79 Å². The monoisotopic (exact) mass is 277 g/mol. The Kier molecular flexibility index (Phi) is 4.84. The molecule has 2 unspecified atom stereocenters. The van der Waals surface area contributed by atoms with Gasteiger partial charge in [-0.25, -0.2) is 4.79 Å². The minimum atomic E-state index is -0.0548. The van der Waals surface area contributed by atoms with Crippen molar-refractivity contribution in [3.63, 3.8) is 0 Å². The molecule has 1 aromatic carbocycles. The average molecular weight is 277 g/mol. The van der Waals surface area contributed by atoms with Crippen molar-refractivity contribution in [1.29, 1.82) is 0 Å². The molecule has 0 bridgehead atoms. The number of hydrogen-bond donors (Lipinski definition) is 2. The molecule has 2 atom stereocenters. The Hall–Kier alpha value is -1.75. The molecular formula is C15H23N3O2. The molecule has 1 aliphatic heterocycles. The number of anilines is 1. The fourth-order valence-corrected chi connectivity index (χ4v) is 2.53. The van der Waals surface area contributed by atoms with E-state index in [-0.39, 0.29) is 12.1 Å². The Morgan fingerprint density at radius 3 is 2.70 bits per heavy atom. The molecule has 0 radical (unpaired) electrons. The van der Waals surface area contributed by atoms with Crippen LogP contribution < -0.4 is 15.8 Å². The maximum atomic E-state index is 12.3. The van der Waals surface area contributed by atoms with E-state index in [0.717, 1.165) is 30.8 Å². The number of nitrogens with one attached hydrogen (secondary N) is 1. The van der Waals surface area contributed by atoms with Gasteiger partial charge in [-0.05, 0) is 56.5 Å². The predicted octanol–water partition coefficient (Wildman–Crippen LogP) is 2.29. The number of carbonyl (C=O) groups excluding carboxylic acids is 1. The largest absolute Gasteiger partial charge is 0.497 e. The van der Waals surface area contributed by atoms with Crippen LogP contribution >= 0.6 is 0 Å². The lowest BCUT2D eigenvalue weighted by atomic mass is 9.94. The van der Waals surface area contributed by atoms with E-state index in [1.807, 2.05) is 29.2 Å². The summed E-state index contributed by atoms with van der Waals surface area (Å²) in [6.07, 6.45) is 2.11. The number of carbonyl (C=O) groups is 1. The van der Waals surface area contributed by atoms with Crippen LogP contribution in [0.25, 0.3) is 0 Å². The molecule has 5 heteroatoms. The number of nitrogens with zero attached hydrogens (tertiary/aromatic N) is 1. The van der Waals surface area contributed by atoms with E-state index in [1.165, 1.54) is 0 Å². The van der Waals surface area contributed by atoms with Gasteiger partial charge in [0.25, 0.3) is 0 Å². The molecule has 3 N–H and O–H groups in total. The van der Waals surface area contributed by atoms with Crippen LogP contribution in [0.4, 0.5) is 10.5 Å². The van der Waals surface area contributed by atoms with Crippen LogP contribution in [0.2, 0.25) is 0 Å². The van der Waals surface area contributed by atoms with Gasteiger partial charge in [0.05, 0.1) is 7.11 Å². The number of methoxy groups -OCH3 is 1. The second-order valence-electron chi connectivity index (χ2n) is 5.34. The van der Waals surface area contributed by atoms with Gasteiger partial charge in [0.15, 0.2) is 0 Å². The molecule has 1 aliphatic rings. The van der Waals surface area contributed by atoms with E-state index in [4.69, 9.17) is 10.5 Å². The fourth-order valence-electron chi connectivity index (χ4n) is 2.53. The summed E-state index contributed by atoms with van der Waals surface area (Å²) in [6.45, 7) is 3.46. The van der Waals surface area contributed by atoms with Crippen LogP contribution in [-0.2, 0) is 0 Å². The molecular weight excluding hydrogens is 254 g/mol. The SMILES string of the molecule is COc1ccc(NC(=O)N2CC(CN)CCC2C)cc1. The van der Waals surface area contributed by atoms with Gasteiger partial charge in [0, 0.05) is 18.3 Å². The summed E-state index contributed by atoms with van der Waals surface area (Å²) in [6, 6.07) is 7.55. The fraction of sp³-hybridized carbons (Fsp3) is 0.533. The molecule has 0 aromatic heterocycles. The van der Waals surface area contributed by atoms with Crippen LogP contribution in [0.3, 0.4) is 0 Å². The highest BCUT2D eigenvalue weighted by atomic mass is 16.5. The Morgan fingerprint density at radius 2 is 2.10 bits per heavy atom. The molecule has 20 heavy (non-hydrogen) atoms. The Bertz CT molecular complexity index is 447. The summed E-state index contributed by atoms with van der Waals surface area (Å²) in [7, 11) is 1.62. The van der Waals surface area contributed by atoms with Gasteiger partial charge >= 0.3 is 6.03 Å². The first kappa shape index (κ1) is 14.7. The van der Waals surface area contributed by atoms with Gasteiger partial charge in [-0.1, -0.05) is 0 Å². The zero-order valence-electron chi connectivity index (χ0n) is 12.1. The minimum absolute atomic E-state index is 0.0548. The smallest absolute Gasteiger partial charge is 0.322 e. The van der Waals surface area contributed by atoms with Gasteiger partial charge in [0.1, 0.15) is 5.75 Å². The van der Waals surface area contributed by atoms with Crippen molar-refractivity contribution in [2.45, 2.75) is 25.8 Å². The third-order valence-electron chi connectivity index (χ3n) is 3.92. The molecule has 1 heterocycles. The highest BCUT2D eigenvalue weighted by Gasteiger charge is 2.28. The molecule has 2 amide bonds. The Balaban J connectivity index is 1.98.